The number of aryl methyl sites for hydroxylation is 1. The third-order valence-electron chi connectivity index (χ3n) is 5.63. The Balaban J connectivity index is 1.95. The Morgan fingerprint density at radius 2 is 1.51 bits per heavy atom. The van der Waals surface area contributed by atoms with Crippen LogP contribution in [-0.4, -0.2) is 28.3 Å². The third kappa shape index (κ3) is 7.93. The molecule has 3 aromatic rings. The van der Waals surface area contributed by atoms with Crippen molar-refractivity contribution in [3.63, 3.8) is 0 Å². The molecule has 1 atom stereocenters. The van der Waals surface area contributed by atoms with Crippen molar-refractivity contribution in [3.8, 4) is 0 Å². The van der Waals surface area contributed by atoms with E-state index in [1.807, 2.05) is 69.3 Å². The van der Waals surface area contributed by atoms with Crippen LogP contribution in [0.5, 0.6) is 0 Å². The molecule has 0 bridgehead atoms. The van der Waals surface area contributed by atoms with Gasteiger partial charge in [-0.2, -0.15) is 0 Å². The van der Waals surface area contributed by atoms with Gasteiger partial charge in [-0.25, -0.2) is 4.39 Å². The average molecular weight is 495 g/mol. The number of carbonyl (C=O) groups is 2. The van der Waals surface area contributed by atoms with E-state index in [0.717, 1.165) is 11.1 Å². The van der Waals surface area contributed by atoms with Crippen LogP contribution in [0.1, 0.15) is 43.9 Å². The highest BCUT2D eigenvalue weighted by atomic mass is 35.5. The van der Waals surface area contributed by atoms with Crippen LogP contribution in [0.2, 0.25) is 5.02 Å². The fraction of sp³-hybridized carbons (Fsp3) is 0.310. The smallest absolute Gasteiger partial charge is 0.243 e. The number of carbonyl (C=O) groups excluding carboxylic acids is 2. The predicted octanol–water partition coefficient (Wildman–Crippen LogP) is 5.97. The molecule has 0 heterocycles. The van der Waals surface area contributed by atoms with Crippen LogP contribution >= 0.6 is 11.6 Å². The van der Waals surface area contributed by atoms with Gasteiger partial charge in [-0.3, -0.25) is 9.59 Å². The normalized spacial score (nSPS) is 12.1. The van der Waals surface area contributed by atoms with Crippen molar-refractivity contribution >= 4 is 23.4 Å². The highest BCUT2D eigenvalue weighted by Gasteiger charge is 2.32. The number of nitrogens with zero attached hydrogens (tertiary/aromatic N) is 1. The second-order valence-electron chi connectivity index (χ2n) is 9.65. The minimum atomic E-state index is -0.810. The van der Waals surface area contributed by atoms with Gasteiger partial charge in [-0.05, 0) is 50.5 Å². The fourth-order valence-corrected chi connectivity index (χ4v) is 4.13. The van der Waals surface area contributed by atoms with Crippen molar-refractivity contribution in [3.05, 3.63) is 106 Å². The molecular weight excluding hydrogens is 463 g/mol. The van der Waals surface area contributed by atoms with E-state index in [0.29, 0.717) is 23.4 Å². The quantitative estimate of drug-likeness (QED) is 0.398. The highest BCUT2D eigenvalue weighted by Crippen LogP contribution is 2.21. The molecule has 4 nitrogen and oxygen atoms in total. The maximum atomic E-state index is 14.6. The average Bonchev–Trinajstić information content (AvgIpc) is 2.81. The summed E-state index contributed by atoms with van der Waals surface area (Å²) in [5.74, 6) is -0.923. The maximum absolute atomic E-state index is 14.6. The van der Waals surface area contributed by atoms with Crippen molar-refractivity contribution < 1.29 is 14.0 Å². The molecule has 0 radical (unpaired) electrons. The van der Waals surface area contributed by atoms with Gasteiger partial charge in [0.1, 0.15) is 11.9 Å². The molecule has 0 unspecified atom stereocenters. The molecule has 6 heteroatoms. The number of benzene rings is 3. The van der Waals surface area contributed by atoms with Gasteiger partial charge in [0.2, 0.25) is 11.8 Å². The Morgan fingerprint density at radius 3 is 2.14 bits per heavy atom. The van der Waals surface area contributed by atoms with Crippen molar-refractivity contribution in [2.75, 3.05) is 0 Å². The summed E-state index contributed by atoms with van der Waals surface area (Å²) in [4.78, 5) is 28.6. The number of nitrogens with one attached hydrogen (secondary N) is 1. The van der Waals surface area contributed by atoms with Crippen LogP contribution in [0.3, 0.4) is 0 Å². The summed E-state index contributed by atoms with van der Waals surface area (Å²) < 4.78 is 14.6. The van der Waals surface area contributed by atoms with Crippen LogP contribution in [0.25, 0.3) is 0 Å². The number of amides is 2. The zero-order chi connectivity index (χ0) is 25.4. The molecule has 0 saturated heterocycles. The molecule has 3 aromatic carbocycles. The van der Waals surface area contributed by atoms with Crippen molar-refractivity contribution in [1.29, 1.82) is 0 Å². The van der Waals surface area contributed by atoms with Crippen LogP contribution in [-0.2, 0) is 29.0 Å². The first-order valence-corrected chi connectivity index (χ1v) is 12.1. The van der Waals surface area contributed by atoms with Crippen molar-refractivity contribution in [2.45, 2.75) is 58.2 Å². The fourth-order valence-electron chi connectivity index (χ4n) is 3.90. The van der Waals surface area contributed by atoms with E-state index in [1.165, 1.54) is 11.0 Å². The SMILES string of the molecule is CC(C)(C)NC(=O)[C@H](Cc1ccccc1)N(Cc1ccccc1F)C(=O)CCc1ccccc1Cl. The largest absolute Gasteiger partial charge is 0.350 e. The molecule has 0 aliphatic rings. The van der Waals surface area contributed by atoms with Gasteiger partial charge in [0.15, 0.2) is 0 Å². The van der Waals surface area contributed by atoms with E-state index < -0.39 is 17.4 Å². The van der Waals surface area contributed by atoms with Gasteiger partial charge in [-0.15, -0.1) is 0 Å². The van der Waals surface area contributed by atoms with Crippen LogP contribution < -0.4 is 5.32 Å². The predicted molar refractivity (Wildman–Crippen MR) is 139 cm³/mol. The van der Waals surface area contributed by atoms with Crippen molar-refractivity contribution in [1.82, 2.24) is 10.2 Å². The van der Waals surface area contributed by atoms with Gasteiger partial charge >= 0.3 is 0 Å². The molecule has 0 aliphatic carbocycles. The topological polar surface area (TPSA) is 49.4 Å². The number of hydrogen-bond donors (Lipinski definition) is 1. The number of rotatable bonds is 9. The minimum Gasteiger partial charge on any atom is -0.350 e. The van der Waals surface area contributed by atoms with Crippen LogP contribution in [0.4, 0.5) is 4.39 Å². The van der Waals surface area contributed by atoms with E-state index in [9.17, 15) is 14.0 Å². The van der Waals surface area contributed by atoms with Gasteiger partial charge in [0.25, 0.3) is 0 Å². The zero-order valence-corrected chi connectivity index (χ0v) is 21.2. The first-order chi connectivity index (χ1) is 16.6. The lowest BCUT2D eigenvalue weighted by atomic mass is 9.99. The van der Waals surface area contributed by atoms with Crippen LogP contribution in [0, 0.1) is 5.82 Å². The van der Waals surface area contributed by atoms with Gasteiger partial charge in [0, 0.05) is 35.5 Å². The van der Waals surface area contributed by atoms with E-state index in [2.05, 4.69) is 5.32 Å². The lowest BCUT2D eigenvalue weighted by Gasteiger charge is -2.34. The molecule has 35 heavy (non-hydrogen) atoms. The van der Waals surface area contributed by atoms with Gasteiger partial charge in [0.05, 0.1) is 0 Å². The van der Waals surface area contributed by atoms with E-state index in [-0.39, 0.29) is 24.8 Å². The van der Waals surface area contributed by atoms with E-state index >= 15 is 0 Å². The molecular formula is C29H32ClFN2O2. The molecule has 1 N–H and O–H groups in total. The highest BCUT2D eigenvalue weighted by molar-refractivity contribution is 6.31. The summed E-state index contributed by atoms with van der Waals surface area (Å²) in [6, 6.07) is 22.5. The first-order valence-electron chi connectivity index (χ1n) is 11.8. The van der Waals surface area contributed by atoms with Gasteiger partial charge in [-0.1, -0.05) is 78.3 Å². The molecule has 0 fully saturated rings. The second kappa shape index (κ2) is 12.0. The lowest BCUT2D eigenvalue weighted by Crippen LogP contribution is -2.54. The monoisotopic (exact) mass is 494 g/mol. The summed E-state index contributed by atoms with van der Waals surface area (Å²) in [5.41, 5.74) is 1.64. The Morgan fingerprint density at radius 1 is 0.914 bits per heavy atom. The maximum Gasteiger partial charge on any atom is 0.243 e. The zero-order valence-electron chi connectivity index (χ0n) is 20.4. The number of halogens is 2. The van der Waals surface area contributed by atoms with E-state index in [1.54, 1.807) is 24.3 Å². The molecule has 0 saturated carbocycles. The Bertz CT molecular complexity index is 1140. The third-order valence-corrected chi connectivity index (χ3v) is 6.00. The summed E-state index contributed by atoms with van der Waals surface area (Å²) in [7, 11) is 0. The standard InChI is InChI=1S/C29H32ClFN2O2/c1-29(2,3)32-28(35)26(19-21-11-5-4-6-12-21)33(20-23-14-8-10-16-25(23)31)27(34)18-17-22-13-7-9-15-24(22)30/h4-16,26H,17-20H2,1-3H3,(H,32,35)/t26-/m0/s1. The Kier molecular flexibility index (Phi) is 9.05. The molecule has 184 valence electrons. The Labute approximate surface area is 212 Å². The molecule has 2 amide bonds. The molecule has 0 spiro atoms. The molecule has 0 aliphatic heterocycles. The second-order valence-corrected chi connectivity index (χ2v) is 10.1. The van der Waals surface area contributed by atoms with E-state index in [4.69, 9.17) is 11.6 Å². The molecule has 0 aromatic heterocycles. The summed E-state index contributed by atoms with van der Waals surface area (Å²) in [6.07, 6.45) is 0.881. The first kappa shape index (κ1) is 26.4. The van der Waals surface area contributed by atoms with Crippen molar-refractivity contribution in [2.24, 2.45) is 0 Å². The lowest BCUT2D eigenvalue weighted by molar-refractivity contribution is -0.142. The minimum absolute atomic E-state index is 0.0108. The van der Waals surface area contributed by atoms with Crippen LogP contribution in [0.15, 0.2) is 78.9 Å². The Hall–Kier alpha value is -3.18. The number of hydrogen-bond acceptors (Lipinski definition) is 2. The summed E-state index contributed by atoms with van der Waals surface area (Å²) in [5, 5.41) is 3.60. The molecule has 3 rings (SSSR count). The summed E-state index contributed by atoms with van der Waals surface area (Å²) >= 11 is 6.29. The van der Waals surface area contributed by atoms with Gasteiger partial charge < -0.3 is 10.2 Å². The summed E-state index contributed by atoms with van der Waals surface area (Å²) in [6.45, 7) is 5.67.